The summed E-state index contributed by atoms with van der Waals surface area (Å²) in [5.74, 6) is -1.02. The summed E-state index contributed by atoms with van der Waals surface area (Å²) in [5, 5.41) is 11.6. The van der Waals surface area contributed by atoms with Crippen LogP contribution in [0.15, 0.2) is 24.3 Å². The van der Waals surface area contributed by atoms with E-state index in [0.717, 1.165) is 24.8 Å². The molecule has 19 heavy (non-hydrogen) atoms. The summed E-state index contributed by atoms with van der Waals surface area (Å²) < 4.78 is 0. The Hall–Kier alpha value is -1.88. The van der Waals surface area contributed by atoms with Gasteiger partial charge >= 0.3 is 5.97 Å². The molecule has 1 fully saturated rings. The lowest BCUT2D eigenvalue weighted by Crippen LogP contribution is -2.58. The molecule has 1 aliphatic carbocycles. The quantitative estimate of drug-likeness (QED) is 0.736. The van der Waals surface area contributed by atoms with Gasteiger partial charge in [0.15, 0.2) is 0 Å². The maximum absolute atomic E-state index is 11.8. The second kappa shape index (κ2) is 5.40. The molecule has 1 aromatic rings. The Balaban J connectivity index is 1.79. The number of carbonyl (C=O) groups is 2. The summed E-state index contributed by atoms with van der Waals surface area (Å²) in [6.45, 7) is 0.518. The van der Waals surface area contributed by atoms with Gasteiger partial charge < -0.3 is 16.2 Å². The zero-order chi connectivity index (χ0) is 13.9. The molecule has 1 amide bonds. The molecule has 102 valence electrons. The molecule has 5 nitrogen and oxygen atoms in total. The molecule has 4 N–H and O–H groups in total. The molecule has 5 heteroatoms. The molecule has 0 atom stereocenters. The number of hydrogen-bond donors (Lipinski definition) is 3. The molecule has 2 rings (SSSR count). The van der Waals surface area contributed by atoms with Gasteiger partial charge in [0, 0.05) is 6.54 Å². The van der Waals surface area contributed by atoms with Crippen LogP contribution in [0.3, 0.4) is 0 Å². The minimum Gasteiger partial charge on any atom is -0.478 e. The van der Waals surface area contributed by atoms with Crippen LogP contribution < -0.4 is 11.1 Å². The highest BCUT2D eigenvalue weighted by Gasteiger charge is 2.39. The second-order valence-corrected chi connectivity index (χ2v) is 5.02. The fraction of sp³-hybridized carbons (Fsp3) is 0.429. The third kappa shape index (κ3) is 3.12. The van der Waals surface area contributed by atoms with Gasteiger partial charge in [0.1, 0.15) is 0 Å². The molecule has 0 aromatic heterocycles. The van der Waals surface area contributed by atoms with Crippen LogP contribution in [-0.4, -0.2) is 29.1 Å². The van der Waals surface area contributed by atoms with Crippen LogP contribution in [-0.2, 0) is 11.2 Å². The van der Waals surface area contributed by atoms with Crippen molar-refractivity contribution in [2.45, 2.75) is 31.2 Å². The van der Waals surface area contributed by atoms with E-state index < -0.39 is 11.5 Å². The van der Waals surface area contributed by atoms with Crippen molar-refractivity contribution in [2.24, 2.45) is 5.73 Å². The van der Waals surface area contributed by atoms with Gasteiger partial charge in [0.05, 0.1) is 11.1 Å². The van der Waals surface area contributed by atoms with Gasteiger partial charge in [-0.05, 0) is 43.4 Å². The third-order valence-electron chi connectivity index (χ3n) is 3.60. The van der Waals surface area contributed by atoms with Crippen molar-refractivity contribution in [3.8, 4) is 0 Å². The largest absolute Gasteiger partial charge is 0.478 e. The predicted octanol–water partition coefficient (Wildman–Crippen LogP) is 0.925. The van der Waals surface area contributed by atoms with Gasteiger partial charge in [-0.25, -0.2) is 4.79 Å². The highest BCUT2D eigenvalue weighted by molar-refractivity contribution is 5.87. The molecule has 0 radical (unpaired) electrons. The molecule has 1 aromatic carbocycles. The molecule has 0 aliphatic heterocycles. The standard InChI is InChI=1S/C14H18N2O3/c15-14(7-1-8-14)13(19)16-9-6-10-2-4-11(5-3-10)12(17)18/h2-5H,1,6-9,15H2,(H,16,19)(H,17,18). The van der Waals surface area contributed by atoms with Crippen LogP contribution in [0.1, 0.15) is 35.2 Å². The topological polar surface area (TPSA) is 92.4 Å². The average molecular weight is 262 g/mol. The Kier molecular flexibility index (Phi) is 3.85. The van der Waals surface area contributed by atoms with Gasteiger partial charge in [0.2, 0.25) is 5.91 Å². The smallest absolute Gasteiger partial charge is 0.335 e. The summed E-state index contributed by atoms with van der Waals surface area (Å²) in [5.41, 5.74) is 6.50. The Morgan fingerprint density at radius 3 is 2.37 bits per heavy atom. The lowest BCUT2D eigenvalue weighted by Gasteiger charge is -2.36. The van der Waals surface area contributed by atoms with E-state index in [-0.39, 0.29) is 11.5 Å². The fourth-order valence-corrected chi connectivity index (χ4v) is 2.10. The number of aromatic carboxylic acids is 1. The summed E-state index contributed by atoms with van der Waals surface area (Å²) in [4.78, 5) is 22.5. The van der Waals surface area contributed by atoms with Crippen molar-refractivity contribution < 1.29 is 14.7 Å². The molecule has 0 unspecified atom stereocenters. The Morgan fingerprint density at radius 2 is 1.89 bits per heavy atom. The predicted molar refractivity (Wildman–Crippen MR) is 70.9 cm³/mol. The second-order valence-electron chi connectivity index (χ2n) is 5.02. The van der Waals surface area contributed by atoms with E-state index in [9.17, 15) is 9.59 Å². The van der Waals surface area contributed by atoms with E-state index in [1.54, 1.807) is 24.3 Å². The molecule has 0 saturated heterocycles. The Bertz CT molecular complexity index is 478. The minimum absolute atomic E-state index is 0.0825. The molecular weight excluding hydrogens is 244 g/mol. The molecule has 0 bridgehead atoms. The van der Waals surface area contributed by atoms with Crippen LogP contribution in [0.4, 0.5) is 0 Å². The van der Waals surface area contributed by atoms with Gasteiger partial charge in [-0.1, -0.05) is 12.1 Å². The van der Waals surface area contributed by atoms with E-state index in [4.69, 9.17) is 10.8 Å². The minimum atomic E-state index is -0.935. The number of hydrogen-bond acceptors (Lipinski definition) is 3. The Labute approximate surface area is 111 Å². The van der Waals surface area contributed by atoms with Crippen LogP contribution >= 0.6 is 0 Å². The zero-order valence-electron chi connectivity index (χ0n) is 10.7. The van der Waals surface area contributed by atoms with Gasteiger partial charge in [0.25, 0.3) is 0 Å². The first-order chi connectivity index (χ1) is 9.01. The number of rotatable bonds is 5. The van der Waals surface area contributed by atoms with Gasteiger partial charge in [-0.3, -0.25) is 4.79 Å². The van der Waals surface area contributed by atoms with Crippen molar-refractivity contribution in [3.63, 3.8) is 0 Å². The molecule has 0 spiro atoms. The highest BCUT2D eigenvalue weighted by atomic mass is 16.4. The lowest BCUT2D eigenvalue weighted by molar-refractivity contribution is -0.129. The average Bonchev–Trinajstić information content (AvgIpc) is 2.36. The number of carboxylic acid groups (broad SMARTS) is 1. The molecule has 0 heterocycles. The maximum Gasteiger partial charge on any atom is 0.335 e. The normalized spacial score (nSPS) is 16.5. The number of amides is 1. The van der Waals surface area contributed by atoms with E-state index in [0.29, 0.717) is 13.0 Å². The van der Waals surface area contributed by atoms with Crippen molar-refractivity contribution in [1.82, 2.24) is 5.32 Å². The molecule has 1 aliphatic rings. The van der Waals surface area contributed by atoms with Crippen molar-refractivity contribution >= 4 is 11.9 Å². The van der Waals surface area contributed by atoms with Gasteiger partial charge in [-0.15, -0.1) is 0 Å². The summed E-state index contributed by atoms with van der Waals surface area (Å²) in [6.07, 6.45) is 3.20. The van der Waals surface area contributed by atoms with E-state index in [2.05, 4.69) is 5.32 Å². The first-order valence-electron chi connectivity index (χ1n) is 6.41. The summed E-state index contributed by atoms with van der Waals surface area (Å²) in [7, 11) is 0. The third-order valence-corrected chi connectivity index (χ3v) is 3.60. The fourth-order valence-electron chi connectivity index (χ4n) is 2.10. The molecular formula is C14H18N2O3. The maximum atomic E-state index is 11.8. The van der Waals surface area contributed by atoms with Crippen molar-refractivity contribution in [1.29, 1.82) is 0 Å². The monoisotopic (exact) mass is 262 g/mol. The SMILES string of the molecule is NC1(C(=O)NCCc2ccc(C(=O)O)cc2)CCC1. The van der Waals surface area contributed by atoms with Crippen molar-refractivity contribution in [2.75, 3.05) is 6.54 Å². The zero-order valence-corrected chi connectivity index (χ0v) is 10.7. The summed E-state index contributed by atoms with van der Waals surface area (Å²) >= 11 is 0. The number of carbonyl (C=O) groups excluding carboxylic acids is 1. The van der Waals surface area contributed by atoms with Crippen molar-refractivity contribution in [3.05, 3.63) is 35.4 Å². The van der Waals surface area contributed by atoms with E-state index in [1.165, 1.54) is 0 Å². The number of nitrogens with one attached hydrogen (secondary N) is 1. The van der Waals surface area contributed by atoms with Crippen LogP contribution in [0.2, 0.25) is 0 Å². The van der Waals surface area contributed by atoms with Crippen LogP contribution in [0, 0.1) is 0 Å². The van der Waals surface area contributed by atoms with E-state index >= 15 is 0 Å². The Morgan fingerprint density at radius 1 is 1.26 bits per heavy atom. The number of nitrogens with two attached hydrogens (primary N) is 1. The molecule has 1 saturated carbocycles. The first-order valence-corrected chi connectivity index (χ1v) is 6.41. The first kappa shape index (κ1) is 13.5. The van der Waals surface area contributed by atoms with Gasteiger partial charge in [-0.2, -0.15) is 0 Å². The number of benzene rings is 1. The number of carboxylic acids is 1. The highest BCUT2D eigenvalue weighted by Crippen LogP contribution is 2.28. The summed E-state index contributed by atoms with van der Waals surface area (Å²) in [6, 6.07) is 6.65. The lowest BCUT2D eigenvalue weighted by atomic mass is 9.77. The van der Waals surface area contributed by atoms with Crippen LogP contribution in [0.5, 0.6) is 0 Å². The van der Waals surface area contributed by atoms with E-state index in [1.807, 2.05) is 0 Å². The van der Waals surface area contributed by atoms with Crippen LogP contribution in [0.25, 0.3) is 0 Å².